The van der Waals surface area contributed by atoms with Crippen LogP contribution in [-0.4, -0.2) is 38.3 Å². The molecule has 0 spiro atoms. The summed E-state index contributed by atoms with van der Waals surface area (Å²) in [5, 5.41) is 0. The Bertz CT molecular complexity index is 632. The average molecular weight is 322 g/mol. The SMILES string of the molecule is O=C1CCCN1S(=O)(=O)c1ccc(N2CCCCCC2)cc1. The van der Waals surface area contributed by atoms with Gasteiger partial charge in [-0.15, -0.1) is 0 Å². The summed E-state index contributed by atoms with van der Waals surface area (Å²) in [6.45, 7) is 2.35. The van der Waals surface area contributed by atoms with E-state index in [0.717, 1.165) is 23.1 Å². The third-order valence-electron chi connectivity index (χ3n) is 4.43. The lowest BCUT2D eigenvalue weighted by molar-refractivity contribution is -0.123. The quantitative estimate of drug-likeness (QED) is 0.857. The average Bonchev–Trinajstić information content (AvgIpc) is 2.79. The molecule has 0 atom stereocenters. The van der Waals surface area contributed by atoms with E-state index in [-0.39, 0.29) is 10.8 Å². The Labute approximate surface area is 132 Å². The highest BCUT2D eigenvalue weighted by molar-refractivity contribution is 7.89. The standard InChI is InChI=1S/C16H22N2O3S/c19-16-6-5-13-18(16)22(20,21)15-9-7-14(8-10-15)17-11-3-1-2-4-12-17/h7-10H,1-6,11-13H2. The Morgan fingerprint density at radius 1 is 0.818 bits per heavy atom. The summed E-state index contributed by atoms with van der Waals surface area (Å²) in [6, 6.07) is 6.97. The Kier molecular flexibility index (Phi) is 4.38. The fraction of sp³-hybridized carbons (Fsp3) is 0.562. The zero-order chi connectivity index (χ0) is 15.6. The van der Waals surface area contributed by atoms with Crippen molar-refractivity contribution in [2.45, 2.75) is 43.4 Å². The van der Waals surface area contributed by atoms with E-state index in [4.69, 9.17) is 0 Å². The van der Waals surface area contributed by atoms with Gasteiger partial charge in [-0.2, -0.15) is 0 Å². The molecule has 0 aromatic heterocycles. The van der Waals surface area contributed by atoms with Crippen LogP contribution >= 0.6 is 0 Å². The van der Waals surface area contributed by atoms with E-state index in [1.54, 1.807) is 12.1 Å². The van der Waals surface area contributed by atoms with Crippen LogP contribution in [0.4, 0.5) is 5.69 Å². The highest BCUT2D eigenvalue weighted by Crippen LogP contribution is 2.25. The number of amides is 1. The molecule has 2 aliphatic rings. The number of benzene rings is 1. The van der Waals surface area contributed by atoms with Crippen LogP contribution in [-0.2, 0) is 14.8 Å². The van der Waals surface area contributed by atoms with Gasteiger partial charge in [0.25, 0.3) is 10.0 Å². The summed E-state index contributed by atoms with van der Waals surface area (Å²) >= 11 is 0. The molecule has 0 unspecified atom stereocenters. The number of hydrogen-bond acceptors (Lipinski definition) is 4. The van der Waals surface area contributed by atoms with Crippen molar-refractivity contribution in [3.8, 4) is 0 Å². The first-order chi connectivity index (χ1) is 10.6. The second kappa shape index (κ2) is 6.28. The van der Waals surface area contributed by atoms with Gasteiger partial charge in [-0.25, -0.2) is 12.7 Å². The summed E-state index contributed by atoms with van der Waals surface area (Å²) < 4.78 is 26.0. The predicted octanol–water partition coefficient (Wildman–Crippen LogP) is 2.38. The summed E-state index contributed by atoms with van der Waals surface area (Å²) in [5.41, 5.74) is 1.06. The lowest BCUT2D eigenvalue weighted by Crippen LogP contribution is -2.32. The smallest absolute Gasteiger partial charge is 0.266 e. The second-order valence-electron chi connectivity index (χ2n) is 5.97. The van der Waals surface area contributed by atoms with E-state index >= 15 is 0 Å². The minimum atomic E-state index is -3.68. The number of anilines is 1. The molecule has 2 saturated heterocycles. The van der Waals surface area contributed by atoms with E-state index in [1.165, 1.54) is 25.7 Å². The van der Waals surface area contributed by atoms with Gasteiger partial charge in [0, 0.05) is 31.7 Å². The third kappa shape index (κ3) is 2.97. The van der Waals surface area contributed by atoms with Crippen molar-refractivity contribution in [1.82, 2.24) is 4.31 Å². The number of carbonyl (C=O) groups excluding carboxylic acids is 1. The monoisotopic (exact) mass is 322 g/mol. The predicted molar refractivity (Wildman–Crippen MR) is 85.3 cm³/mol. The van der Waals surface area contributed by atoms with Crippen molar-refractivity contribution in [2.24, 2.45) is 0 Å². The Morgan fingerprint density at radius 2 is 1.45 bits per heavy atom. The fourth-order valence-corrected chi connectivity index (χ4v) is 4.63. The highest BCUT2D eigenvalue weighted by atomic mass is 32.2. The van der Waals surface area contributed by atoms with Crippen molar-refractivity contribution >= 4 is 21.6 Å². The Balaban J connectivity index is 1.80. The van der Waals surface area contributed by atoms with Gasteiger partial charge in [-0.05, 0) is 43.5 Å². The zero-order valence-corrected chi connectivity index (χ0v) is 13.5. The molecule has 22 heavy (non-hydrogen) atoms. The molecule has 0 saturated carbocycles. The van der Waals surface area contributed by atoms with E-state index in [1.807, 2.05) is 12.1 Å². The van der Waals surface area contributed by atoms with Crippen LogP contribution in [0.2, 0.25) is 0 Å². The number of nitrogens with zero attached hydrogens (tertiary/aromatic N) is 2. The number of rotatable bonds is 3. The number of carbonyl (C=O) groups is 1. The molecule has 1 amide bonds. The molecule has 120 valence electrons. The molecule has 6 heteroatoms. The van der Waals surface area contributed by atoms with Gasteiger partial charge < -0.3 is 4.90 Å². The number of hydrogen-bond donors (Lipinski definition) is 0. The Morgan fingerprint density at radius 3 is 2.00 bits per heavy atom. The van der Waals surface area contributed by atoms with Crippen LogP contribution in [0, 0.1) is 0 Å². The van der Waals surface area contributed by atoms with Crippen LogP contribution < -0.4 is 4.90 Å². The Hall–Kier alpha value is -1.56. The van der Waals surface area contributed by atoms with E-state index in [9.17, 15) is 13.2 Å². The molecular weight excluding hydrogens is 300 g/mol. The van der Waals surface area contributed by atoms with Gasteiger partial charge in [0.1, 0.15) is 0 Å². The van der Waals surface area contributed by atoms with Gasteiger partial charge in [0.15, 0.2) is 0 Å². The van der Waals surface area contributed by atoms with Crippen molar-refractivity contribution < 1.29 is 13.2 Å². The van der Waals surface area contributed by atoms with E-state index in [2.05, 4.69) is 4.90 Å². The third-order valence-corrected chi connectivity index (χ3v) is 6.26. The maximum Gasteiger partial charge on any atom is 0.266 e. The highest BCUT2D eigenvalue weighted by Gasteiger charge is 2.32. The van der Waals surface area contributed by atoms with Crippen LogP contribution in [0.5, 0.6) is 0 Å². The van der Waals surface area contributed by atoms with Crippen LogP contribution in [0.25, 0.3) is 0 Å². The first kappa shape index (κ1) is 15.3. The van der Waals surface area contributed by atoms with E-state index < -0.39 is 10.0 Å². The summed E-state index contributed by atoms with van der Waals surface area (Å²) in [7, 11) is -3.68. The van der Waals surface area contributed by atoms with Gasteiger partial charge in [-0.1, -0.05) is 12.8 Å². The first-order valence-corrected chi connectivity index (χ1v) is 9.44. The van der Waals surface area contributed by atoms with Gasteiger partial charge in [-0.3, -0.25) is 4.79 Å². The van der Waals surface area contributed by atoms with Crippen molar-refractivity contribution in [2.75, 3.05) is 24.5 Å². The molecule has 5 nitrogen and oxygen atoms in total. The van der Waals surface area contributed by atoms with Crippen molar-refractivity contribution in [3.05, 3.63) is 24.3 Å². The molecule has 3 rings (SSSR count). The second-order valence-corrected chi connectivity index (χ2v) is 7.83. The zero-order valence-electron chi connectivity index (χ0n) is 12.7. The molecule has 2 fully saturated rings. The largest absolute Gasteiger partial charge is 0.372 e. The molecule has 2 heterocycles. The molecule has 1 aromatic rings. The normalized spacial score (nSPS) is 20.3. The van der Waals surface area contributed by atoms with Gasteiger partial charge in [0.05, 0.1) is 4.90 Å². The molecule has 0 bridgehead atoms. The maximum absolute atomic E-state index is 12.5. The molecule has 0 N–H and O–H groups in total. The van der Waals surface area contributed by atoms with E-state index in [0.29, 0.717) is 19.4 Å². The van der Waals surface area contributed by atoms with Crippen LogP contribution in [0.1, 0.15) is 38.5 Å². The minimum Gasteiger partial charge on any atom is -0.372 e. The molecular formula is C16H22N2O3S. The fourth-order valence-electron chi connectivity index (χ4n) is 3.16. The molecule has 0 radical (unpaired) electrons. The van der Waals surface area contributed by atoms with Crippen molar-refractivity contribution in [1.29, 1.82) is 0 Å². The van der Waals surface area contributed by atoms with Crippen LogP contribution in [0.15, 0.2) is 29.2 Å². The summed E-state index contributed by atoms with van der Waals surface area (Å²) in [6.07, 6.45) is 5.83. The lowest BCUT2D eigenvalue weighted by atomic mass is 10.2. The topological polar surface area (TPSA) is 57.7 Å². The molecule has 0 aliphatic carbocycles. The minimum absolute atomic E-state index is 0.210. The number of sulfonamides is 1. The van der Waals surface area contributed by atoms with Crippen molar-refractivity contribution in [3.63, 3.8) is 0 Å². The molecule has 1 aromatic carbocycles. The van der Waals surface area contributed by atoms with Gasteiger partial charge in [0.2, 0.25) is 5.91 Å². The lowest BCUT2D eigenvalue weighted by Gasteiger charge is -2.23. The molecule has 2 aliphatic heterocycles. The first-order valence-electron chi connectivity index (χ1n) is 7.99. The van der Waals surface area contributed by atoms with Crippen LogP contribution in [0.3, 0.4) is 0 Å². The van der Waals surface area contributed by atoms with Gasteiger partial charge >= 0.3 is 0 Å². The summed E-state index contributed by atoms with van der Waals surface area (Å²) in [5.74, 6) is -0.295. The summed E-state index contributed by atoms with van der Waals surface area (Å²) in [4.78, 5) is 14.2. The maximum atomic E-state index is 12.5.